The summed E-state index contributed by atoms with van der Waals surface area (Å²) in [6.45, 7) is 5.54. The van der Waals surface area contributed by atoms with Gasteiger partial charge in [0.05, 0.1) is 12.7 Å². The Labute approximate surface area is 162 Å². The lowest BCUT2D eigenvalue weighted by atomic mass is 10.0. The van der Waals surface area contributed by atoms with Gasteiger partial charge in [0.25, 0.3) is 0 Å². The fourth-order valence-electron chi connectivity index (χ4n) is 2.74. The van der Waals surface area contributed by atoms with Crippen LogP contribution in [0.15, 0.2) is 30.3 Å². The van der Waals surface area contributed by atoms with Crippen molar-refractivity contribution in [1.29, 1.82) is 0 Å². The minimum absolute atomic E-state index is 0.0452. The molecule has 0 aliphatic rings. The summed E-state index contributed by atoms with van der Waals surface area (Å²) in [5, 5.41) is -0.269. The summed E-state index contributed by atoms with van der Waals surface area (Å²) in [5.74, 6) is 0.484. The minimum Gasteiger partial charge on any atom is -0.488 e. The van der Waals surface area contributed by atoms with Gasteiger partial charge in [-0.25, -0.2) is 0 Å². The van der Waals surface area contributed by atoms with Crippen LogP contribution >= 0.6 is 12.2 Å². The number of benzene rings is 2. The van der Waals surface area contributed by atoms with Gasteiger partial charge < -0.3 is 14.2 Å². The van der Waals surface area contributed by atoms with Crippen LogP contribution in [0.2, 0.25) is 0 Å². The number of hydrogen-bond acceptors (Lipinski definition) is 4. The normalized spacial score (nSPS) is 11.2. The first-order valence-corrected chi connectivity index (χ1v) is 8.76. The van der Waals surface area contributed by atoms with Crippen LogP contribution < -0.4 is 9.47 Å². The second kappa shape index (κ2) is 8.61. The molecule has 0 radical (unpaired) electrons. The van der Waals surface area contributed by atoms with Gasteiger partial charge in [-0.05, 0) is 55.2 Å². The lowest BCUT2D eigenvalue weighted by Gasteiger charge is -2.18. The van der Waals surface area contributed by atoms with Gasteiger partial charge in [-0.1, -0.05) is 19.1 Å². The van der Waals surface area contributed by atoms with E-state index in [1.807, 2.05) is 32.9 Å². The smallest absolute Gasteiger partial charge is 0.416 e. The Morgan fingerprint density at radius 1 is 1.07 bits per heavy atom. The molecule has 146 valence electrons. The van der Waals surface area contributed by atoms with E-state index in [0.29, 0.717) is 5.75 Å². The van der Waals surface area contributed by atoms with Crippen molar-refractivity contribution in [3.8, 4) is 11.5 Å². The molecule has 0 saturated heterocycles. The van der Waals surface area contributed by atoms with Crippen LogP contribution in [0.5, 0.6) is 11.5 Å². The second-order valence-electron chi connectivity index (χ2n) is 6.02. The van der Waals surface area contributed by atoms with Crippen molar-refractivity contribution >= 4 is 17.5 Å². The maximum absolute atomic E-state index is 13.4. The molecular weight excluding hydrogens is 377 g/mol. The first-order chi connectivity index (χ1) is 12.7. The topological polar surface area (TPSA) is 27.7 Å². The molecule has 7 heteroatoms. The lowest BCUT2D eigenvalue weighted by Crippen LogP contribution is -2.15. The van der Waals surface area contributed by atoms with Gasteiger partial charge in [-0.15, -0.1) is 0 Å². The Morgan fingerprint density at radius 2 is 1.78 bits per heavy atom. The molecule has 0 atom stereocenters. The number of methoxy groups -OCH3 is 1. The SMILES string of the molecule is CCc1cc(C)c(OCc2c(OC(=S)OC)cccc2C(F)(F)F)cc1C. The Morgan fingerprint density at radius 3 is 2.37 bits per heavy atom. The van der Waals surface area contributed by atoms with E-state index in [1.54, 1.807) is 0 Å². The number of thiocarbonyl (C=S) groups is 1. The summed E-state index contributed by atoms with van der Waals surface area (Å²) < 4.78 is 56.0. The minimum atomic E-state index is -4.55. The van der Waals surface area contributed by atoms with Gasteiger partial charge >= 0.3 is 11.4 Å². The lowest BCUT2D eigenvalue weighted by molar-refractivity contribution is -0.138. The van der Waals surface area contributed by atoms with Crippen molar-refractivity contribution in [2.24, 2.45) is 0 Å². The Kier molecular flexibility index (Phi) is 6.70. The van der Waals surface area contributed by atoms with Crippen molar-refractivity contribution < 1.29 is 27.4 Å². The van der Waals surface area contributed by atoms with Gasteiger partial charge in [-0.2, -0.15) is 13.2 Å². The fraction of sp³-hybridized carbons (Fsp3) is 0.350. The number of hydrogen-bond donors (Lipinski definition) is 0. The molecule has 0 aromatic heterocycles. The maximum Gasteiger partial charge on any atom is 0.416 e. The molecule has 27 heavy (non-hydrogen) atoms. The van der Waals surface area contributed by atoms with Crippen LogP contribution in [0, 0.1) is 13.8 Å². The van der Waals surface area contributed by atoms with Crippen molar-refractivity contribution in [3.63, 3.8) is 0 Å². The van der Waals surface area contributed by atoms with E-state index in [2.05, 4.69) is 0 Å². The molecule has 0 bridgehead atoms. The van der Waals surface area contributed by atoms with E-state index in [9.17, 15) is 13.2 Å². The first-order valence-electron chi connectivity index (χ1n) is 8.35. The first kappa shape index (κ1) is 21.0. The van der Waals surface area contributed by atoms with E-state index in [1.165, 1.54) is 24.8 Å². The standard InChI is InChI=1S/C20H21F3O3S/c1-5-14-9-13(3)18(10-12(14)2)25-11-15-16(20(21,22)23)7-6-8-17(15)26-19(27)24-4/h6-10H,5,11H2,1-4H3. The van der Waals surface area contributed by atoms with Crippen LogP contribution in [-0.4, -0.2) is 12.3 Å². The molecule has 0 aliphatic heterocycles. The third-order valence-electron chi connectivity index (χ3n) is 4.18. The average molecular weight is 398 g/mol. The zero-order valence-electron chi connectivity index (χ0n) is 15.6. The van der Waals surface area contributed by atoms with Gasteiger partial charge in [0.15, 0.2) is 0 Å². The van der Waals surface area contributed by atoms with Gasteiger partial charge in [0, 0.05) is 17.8 Å². The largest absolute Gasteiger partial charge is 0.488 e. The highest BCUT2D eigenvalue weighted by molar-refractivity contribution is 7.79. The summed E-state index contributed by atoms with van der Waals surface area (Å²) in [4.78, 5) is 0. The molecule has 0 unspecified atom stereocenters. The molecule has 0 saturated carbocycles. The monoisotopic (exact) mass is 398 g/mol. The highest BCUT2D eigenvalue weighted by Gasteiger charge is 2.35. The molecule has 0 amide bonds. The Balaban J connectivity index is 2.39. The van der Waals surface area contributed by atoms with Crippen LogP contribution in [0.1, 0.15) is 34.7 Å². The van der Waals surface area contributed by atoms with Crippen LogP contribution in [0.25, 0.3) is 0 Å². The quantitative estimate of drug-likeness (QED) is 0.597. The molecule has 2 aromatic carbocycles. The van der Waals surface area contributed by atoms with E-state index in [-0.39, 0.29) is 23.2 Å². The molecule has 0 heterocycles. The highest BCUT2D eigenvalue weighted by atomic mass is 32.1. The van der Waals surface area contributed by atoms with Crippen molar-refractivity contribution in [3.05, 3.63) is 58.1 Å². The Hall–Kier alpha value is -2.28. The average Bonchev–Trinajstić information content (AvgIpc) is 2.61. The van der Waals surface area contributed by atoms with Crippen molar-refractivity contribution in [2.45, 2.75) is 40.0 Å². The number of rotatable bonds is 5. The summed E-state index contributed by atoms with van der Waals surface area (Å²) in [7, 11) is 1.29. The molecule has 0 fully saturated rings. The van der Waals surface area contributed by atoms with Crippen molar-refractivity contribution in [1.82, 2.24) is 0 Å². The Bertz CT molecular complexity index is 832. The van der Waals surface area contributed by atoms with Crippen LogP contribution in [0.4, 0.5) is 13.2 Å². The molecule has 0 N–H and O–H groups in total. The zero-order chi connectivity index (χ0) is 20.2. The highest BCUT2D eigenvalue weighted by Crippen LogP contribution is 2.37. The van der Waals surface area contributed by atoms with E-state index >= 15 is 0 Å². The summed E-state index contributed by atoms with van der Waals surface area (Å²) >= 11 is 4.81. The zero-order valence-corrected chi connectivity index (χ0v) is 16.4. The molecular formula is C20H21F3O3S. The molecule has 3 nitrogen and oxygen atoms in total. The summed E-state index contributed by atoms with van der Waals surface area (Å²) in [6.07, 6.45) is -3.68. The number of halogens is 3. The van der Waals surface area contributed by atoms with Crippen LogP contribution in [0.3, 0.4) is 0 Å². The number of alkyl halides is 3. The molecule has 0 spiro atoms. The number of ether oxygens (including phenoxy) is 3. The van der Waals surface area contributed by atoms with Gasteiger partial charge in [0.2, 0.25) is 0 Å². The second-order valence-corrected chi connectivity index (χ2v) is 6.36. The van der Waals surface area contributed by atoms with Gasteiger partial charge in [-0.3, -0.25) is 0 Å². The fourth-order valence-corrected chi connectivity index (χ4v) is 2.83. The van der Waals surface area contributed by atoms with Crippen molar-refractivity contribution in [2.75, 3.05) is 7.11 Å². The third-order valence-corrected chi connectivity index (χ3v) is 4.43. The van der Waals surface area contributed by atoms with E-state index in [4.69, 9.17) is 26.4 Å². The maximum atomic E-state index is 13.4. The van der Waals surface area contributed by atoms with E-state index < -0.39 is 11.7 Å². The molecule has 2 rings (SSSR count). The molecule has 2 aromatic rings. The number of aryl methyl sites for hydroxylation is 3. The van der Waals surface area contributed by atoms with E-state index in [0.717, 1.165) is 23.6 Å². The summed E-state index contributed by atoms with van der Waals surface area (Å²) in [6, 6.07) is 7.46. The van der Waals surface area contributed by atoms with Crippen LogP contribution in [-0.2, 0) is 23.9 Å². The summed E-state index contributed by atoms with van der Waals surface area (Å²) in [5.41, 5.74) is 2.08. The predicted octanol–water partition coefficient (Wildman–Crippen LogP) is 5.77. The predicted molar refractivity (Wildman–Crippen MR) is 101 cm³/mol. The van der Waals surface area contributed by atoms with Gasteiger partial charge in [0.1, 0.15) is 18.1 Å². The third kappa shape index (κ3) is 5.13. The molecule has 0 aliphatic carbocycles.